The minimum atomic E-state index is -3.35. The maximum absolute atomic E-state index is 14.2. The van der Waals surface area contributed by atoms with Crippen LogP contribution in [-0.4, -0.2) is 6.54 Å². The minimum Gasteiger partial charge on any atom is -0.429 e. The number of halogens is 2. The largest absolute Gasteiger partial charge is 0.429 e. The molecular weight excluding hydrogens is 284 g/mol. The molecule has 4 heteroatoms. The molecule has 2 aromatic rings. The molecule has 0 heterocycles. The number of hydrogen-bond donors (Lipinski definition) is 1. The molecule has 2 nitrogen and oxygen atoms in total. The van der Waals surface area contributed by atoms with Gasteiger partial charge >= 0.3 is 6.11 Å². The van der Waals surface area contributed by atoms with Gasteiger partial charge in [-0.15, -0.1) is 0 Å². The second-order valence-corrected chi connectivity index (χ2v) is 5.25. The van der Waals surface area contributed by atoms with Crippen LogP contribution in [0.3, 0.4) is 0 Å². The van der Waals surface area contributed by atoms with Crippen LogP contribution in [0.15, 0.2) is 48.5 Å². The van der Waals surface area contributed by atoms with E-state index in [9.17, 15) is 8.78 Å². The predicted molar refractivity (Wildman–Crippen MR) is 84.2 cm³/mol. The van der Waals surface area contributed by atoms with Gasteiger partial charge in [-0.1, -0.05) is 37.6 Å². The summed E-state index contributed by atoms with van der Waals surface area (Å²) in [6.45, 7) is 2.57. The van der Waals surface area contributed by atoms with Crippen molar-refractivity contribution >= 4 is 0 Å². The lowest BCUT2D eigenvalue weighted by Gasteiger charge is -2.18. The first kappa shape index (κ1) is 16.4. The van der Waals surface area contributed by atoms with E-state index in [1.807, 2.05) is 12.1 Å². The molecule has 0 fully saturated rings. The van der Waals surface area contributed by atoms with Gasteiger partial charge in [0.2, 0.25) is 0 Å². The molecule has 0 saturated carbocycles. The average molecular weight is 305 g/mol. The van der Waals surface area contributed by atoms with Crippen LogP contribution in [0, 0.1) is 0 Å². The Morgan fingerprint density at radius 1 is 0.909 bits per heavy atom. The Hall–Kier alpha value is -1.94. The van der Waals surface area contributed by atoms with Crippen molar-refractivity contribution in [1.29, 1.82) is 0 Å². The second kappa shape index (κ2) is 7.36. The molecule has 0 radical (unpaired) electrons. The molecule has 0 atom stereocenters. The third-order valence-electron chi connectivity index (χ3n) is 3.43. The van der Waals surface area contributed by atoms with E-state index in [4.69, 9.17) is 10.5 Å². The van der Waals surface area contributed by atoms with Crippen molar-refractivity contribution in [2.45, 2.75) is 32.3 Å². The first-order valence-electron chi connectivity index (χ1n) is 7.50. The lowest BCUT2D eigenvalue weighted by molar-refractivity contribution is -0.185. The molecule has 0 unspecified atom stereocenters. The van der Waals surface area contributed by atoms with Gasteiger partial charge in [-0.05, 0) is 54.8 Å². The zero-order valence-corrected chi connectivity index (χ0v) is 12.7. The molecule has 0 amide bonds. The second-order valence-electron chi connectivity index (χ2n) is 5.25. The smallest absolute Gasteiger partial charge is 0.426 e. The number of aryl methyl sites for hydroxylation is 1. The van der Waals surface area contributed by atoms with Crippen LogP contribution in [0.5, 0.6) is 5.75 Å². The Morgan fingerprint density at radius 3 is 2.00 bits per heavy atom. The Bertz CT molecular complexity index is 579. The molecule has 118 valence electrons. The molecule has 22 heavy (non-hydrogen) atoms. The van der Waals surface area contributed by atoms with Crippen molar-refractivity contribution in [2.75, 3.05) is 6.54 Å². The van der Waals surface area contributed by atoms with Gasteiger partial charge in [-0.25, -0.2) is 0 Å². The van der Waals surface area contributed by atoms with E-state index in [1.165, 1.54) is 12.1 Å². The van der Waals surface area contributed by atoms with Crippen molar-refractivity contribution in [3.05, 3.63) is 65.2 Å². The van der Waals surface area contributed by atoms with E-state index >= 15 is 0 Å². The topological polar surface area (TPSA) is 35.2 Å². The summed E-state index contributed by atoms with van der Waals surface area (Å²) >= 11 is 0. The standard InChI is InChI=1S/C18H21F2NO/c1-2-3-14-6-10-17(11-7-14)22-18(19,20)16-8-4-15(5-9-16)12-13-21/h4-11H,2-3,12-13,21H2,1H3. The highest BCUT2D eigenvalue weighted by atomic mass is 19.3. The van der Waals surface area contributed by atoms with E-state index in [1.54, 1.807) is 24.3 Å². The third kappa shape index (κ3) is 4.28. The minimum absolute atomic E-state index is 0.161. The van der Waals surface area contributed by atoms with Crippen LogP contribution >= 0.6 is 0 Å². The Balaban J connectivity index is 2.08. The highest BCUT2D eigenvalue weighted by Gasteiger charge is 2.34. The van der Waals surface area contributed by atoms with Gasteiger partial charge in [0.1, 0.15) is 5.75 Å². The Labute approximate surface area is 129 Å². The van der Waals surface area contributed by atoms with Gasteiger partial charge in [0.15, 0.2) is 0 Å². The molecular formula is C18H21F2NO. The molecule has 0 aliphatic rings. The van der Waals surface area contributed by atoms with E-state index in [-0.39, 0.29) is 11.3 Å². The van der Waals surface area contributed by atoms with Crippen LogP contribution in [0.25, 0.3) is 0 Å². The molecule has 0 aromatic heterocycles. The molecule has 2 N–H and O–H groups in total. The van der Waals surface area contributed by atoms with Crippen LogP contribution in [0.1, 0.15) is 30.0 Å². The molecule has 2 aromatic carbocycles. The summed E-state index contributed by atoms with van der Waals surface area (Å²) in [7, 11) is 0. The zero-order chi connectivity index (χ0) is 16.0. The molecule has 0 spiro atoms. The number of hydrogen-bond acceptors (Lipinski definition) is 2. The van der Waals surface area contributed by atoms with Crippen LogP contribution < -0.4 is 10.5 Å². The van der Waals surface area contributed by atoms with Crippen molar-refractivity contribution < 1.29 is 13.5 Å². The SMILES string of the molecule is CCCc1ccc(OC(F)(F)c2ccc(CCN)cc2)cc1. The number of nitrogens with two attached hydrogens (primary N) is 1. The third-order valence-corrected chi connectivity index (χ3v) is 3.43. The first-order chi connectivity index (χ1) is 10.5. The van der Waals surface area contributed by atoms with E-state index < -0.39 is 6.11 Å². The number of alkyl halides is 2. The molecule has 0 aliphatic carbocycles. The van der Waals surface area contributed by atoms with Crippen molar-refractivity contribution in [3.63, 3.8) is 0 Å². The van der Waals surface area contributed by atoms with Gasteiger partial charge in [-0.2, -0.15) is 8.78 Å². The normalized spacial score (nSPS) is 11.5. The van der Waals surface area contributed by atoms with Crippen LogP contribution in [0.4, 0.5) is 8.78 Å². The number of ether oxygens (including phenoxy) is 1. The summed E-state index contributed by atoms with van der Waals surface area (Å²) in [5, 5.41) is 0. The lowest BCUT2D eigenvalue weighted by atomic mass is 10.1. The zero-order valence-electron chi connectivity index (χ0n) is 12.7. The van der Waals surface area contributed by atoms with Gasteiger partial charge in [0.05, 0.1) is 5.56 Å². The van der Waals surface area contributed by atoms with E-state index in [0.717, 1.165) is 24.0 Å². The van der Waals surface area contributed by atoms with Crippen molar-refractivity contribution in [1.82, 2.24) is 0 Å². The lowest BCUT2D eigenvalue weighted by Crippen LogP contribution is -2.21. The van der Waals surface area contributed by atoms with Crippen LogP contribution in [0.2, 0.25) is 0 Å². The maximum atomic E-state index is 14.2. The fraction of sp³-hybridized carbons (Fsp3) is 0.333. The fourth-order valence-corrected chi connectivity index (χ4v) is 2.25. The molecule has 0 aliphatic heterocycles. The van der Waals surface area contributed by atoms with Gasteiger partial charge < -0.3 is 10.5 Å². The number of rotatable bonds is 7. The predicted octanol–water partition coefficient (Wildman–Crippen LogP) is 4.27. The summed E-state index contributed by atoms with van der Waals surface area (Å²) in [5.41, 5.74) is 7.34. The van der Waals surface area contributed by atoms with E-state index in [2.05, 4.69) is 6.92 Å². The molecule has 0 saturated heterocycles. The van der Waals surface area contributed by atoms with Gasteiger partial charge in [-0.3, -0.25) is 0 Å². The summed E-state index contributed by atoms with van der Waals surface area (Å²) in [4.78, 5) is 0. The molecule has 0 bridgehead atoms. The first-order valence-corrected chi connectivity index (χ1v) is 7.50. The monoisotopic (exact) mass is 305 g/mol. The Morgan fingerprint density at radius 2 is 1.45 bits per heavy atom. The van der Waals surface area contributed by atoms with Gasteiger partial charge in [0.25, 0.3) is 0 Å². The Kier molecular flexibility index (Phi) is 5.50. The quantitative estimate of drug-likeness (QED) is 0.829. The van der Waals surface area contributed by atoms with E-state index in [0.29, 0.717) is 13.0 Å². The summed E-state index contributed by atoms with van der Waals surface area (Å²) in [6, 6.07) is 12.9. The highest BCUT2D eigenvalue weighted by molar-refractivity contribution is 5.30. The van der Waals surface area contributed by atoms with Crippen molar-refractivity contribution in [3.8, 4) is 5.75 Å². The average Bonchev–Trinajstić information content (AvgIpc) is 2.50. The van der Waals surface area contributed by atoms with Crippen LogP contribution in [-0.2, 0) is 19.0 Å². The highest BCUT2D eigenvalue weighted by Crippen LogP contribution is 2.31. The maximum Gasteiger partial charge on any atom is 0.426 e. The summed E-state index contributed by atoms with van der Waals surface area (Å²) in [5.74, 6) is 0.163. The number of benzene rings is 2. The summed E-state index contributed by atoms with van der Waals surface area (Å²) < 4.78 is 33.2. The summed E-state index contributed by atoms with van der Waals surface area (Å²) in [6.07, 6.45) is -0.732. The fourth-order valence-electron chi connectivity index (χ4n) is 2.25. The van der Waals surface area contributed by atoms with Gasteiger partial charge in [0, 0.05) is 0 Å². The molecule has 2 rings (SSSR count). The van der Waals surface area contributed by atoms with Crippen molar-refractivity contribution in [2.24, 2.45) is 5.73 Å².